The second-order valence-electron chi connectivity index (χ2n) is 17.4. The van der Waals surface area contributed by atoms with E-state index in [1.165, 1.54) is 11.8 Å². The quantitative estimate of drug-likeness (QED) is 0.106. The van der Waals surface area contributed by atoms with Gasteiger partial charge >= 0.3 is 0 Å². The average molecular weight is 727 g/mol. The van der Waals surface area contributed by atoms with Gasteiger partial charge in [0.15, 0.2) is 0 Å². The highest BCUT2D eigenvalue weighted by Gasteiger charge is 2.28. The Kier molecular flexibility index (Phi) is 15.0. The number of carbonyl (C=O) groups excluding carboxylic acids is 4. The lowest BCUT2D eigenvalue weighted by atomic mass is 9.78. The van der Waals surface area contributed by atoms with Crippen molar-refractivity contribution in [3.8, 4) is 11.5 Å². The first kappa shape index (κ1) is 43.4. The van der Waals surface area contributed by atoms with Gasteiger partial charge in [-0.25, -0.2) is 0 Å². The molecule has 0 aliphatic carbocycles. The van der Waals surface area contributed by atoms with E-state index in [2.05, 4.69) is 21.7 Å². The first-order valence-electron chi connectivity index (χ1n) is 17.8. The van der Waals surface area contributed by atoms with Crippen molar-refractivity contribution in [1.29, 1.82) is 0 Å². The maximum absolute atomic E-state index is 12.5. The maximum atomic E-state index is 12.5. The number of hydrazine groups is 2. The monoisotopic (exact) mass is 726 g/mol. The highest BCUT2D eigenvalue weighted by atomic mass is 32.2. The molecule has 0 bridgehead atoms. The molecule has 0 saturated carbocycles. The summed E-state index contributed by atoms with van der Waals surface area (Å²) in [6.45, 7) is 24.5. The highest BCUT2D eigenvalue weighted by molar-refractivity contribution is 7.99. The molecule has 0 saturated heterocycles. The minimum absolute atomic E-state index is 0.163. The summed E-state index contributed by atoms with van der Waals surface area (Å²) in [6, 6.07) is 7.80. The Morgan fingerprint density at radius 3 is 0.941 bits per heavy atom. The molecule has 0 aromatic heterocycles. The third-order valence-corrected chi connectivity index (χ3v) is 9.47. The van der Waals surface area contributed by atoms with Gasteiger partial charge in [0, 0.05) is 37.2 Å². The summed E-state index contributed by atoms with van der Waals surface area (Å²) in [6.07, 6.45) is 1.59. The number of nitrogens with one attached hydrogen (secondary N) is 4. The van der Waals surface area contributed by atoms with Crippen molar-refractivity contribution >= 4 is 35.4 Å². The number of hydrogen-bond acceptors (Lipinski definition) is 7. The van der Waals surface area contributed by atoms with Crippen LogP contribution in [-0.4, -0.2) is 45.3 Å². The second kappa shape index (κ2) is 17.7. The molecular weight excluding hydrogens is 665 g/mol. The molecule has 11 heteroatoms. The fourth-order valence-electron chi connectivity index (χ4n) is 5.44. The smallest absolute Gasteiger partial charge is 0.239 e. The summed E-state index contributed by atoms with van der Waals surface area (Å²) in [5, 5.41) is 21.8. The molecule has 0 unspecified atom stereocenters. The van der Waals surface area contributed by atoms with Crippen molar-refractivity contribution in [1.82, 2.24) is 21.7 Å². The summed E-state index contributed by atoms with van der Waals surface area (Å²) in [5.74, 6) is 0.209. The Labute approximate surface area is 309 Å². The van der Waals surface area contributed by atoms with Crippen LogP contribution in [0.15, 0.2) is 24.3 Å². The van der Waals surface area contributed by atoms with Gasteiger partial charge in [-0.05, 0) is 67.9 Å². The average Bonchev–Trinajstić information content (AvgIpc) is 2.99. The van der Waals surface area contributed by atoms with E-state index in [0.717, 1.165) is 33.4 Å². The van der Waals surface area contributed by atoms with Crippen LogP contribution < -0.4 is 21.7 Å². The fraction of sp³-hybridized carbons (Fsp3) is 0.600. The lowest BCUT2D eigenvalue weighted by Gasteiger charge is -2.28. The topological polar surface area (TPSA) is 157 Å². The minimum atomic E-state index is -0.333. The van der Waals surface area contributed by atoms with Gasteiger partial charge in [-0.1, -0.05) is 107 Å². The molecule has 0 spiro atoms. The molecule has 10 nitrogen and oxygen atoms in total. The van der Waals surface area contributed by atoms with Gasteiger partial charge in [0.2, 0.25) is 23.6 Å². The van der Waals surface area contributed by atoms with Crippen LogP contribution in [0.4, 0.5) is 0 Å². The number of amides is 4. The summed E-state index contributed by atoms with van der Waals surface area (Å²) in [7, 11) is 0. The molecule has 2 aromatic rings. The molecular formula is C40H62N4O6S. The molecule has 0 aliphatic rings. The molecule has 51 heavy (non-hydrogen) atoms. The van der Waals surface area contributed by atoms with E-state index < -0.39 is 0 Å². The van der Waals surface area contributed by atoms with E-state index in [4.69, 9.17) is 0 Å². The van der Waals surface area contributed by atoms with Crippen molar-refractivity contribution in [2.45, 2.75) is 143 Å². The molecule has 0 atom stereocenters. The van der Waals surface area contributed by atoms with Gasteiger partial charge in [0.05, 0.1) is 0 Å². The van der Waals surface area contributed by atoms with Crippen molar-refractivity contribution in [3.05, 3.63) is 57.6 Å². The lowest BCUT2D eigenvalue weighted by molar-refractivity contribution is -0.128. The number of aromatic hydroxyl groups is 2. The third-order valence-electron chi connectivity index (χ3n) is 8.48. The molecule has 284 valence electrons. The van der Waals surface area contributed by atoms with Gasteiger partial charge in [-0.2, -0.15) is 11.8 Å². The van der Waals surface area contributed by atoms with Gasteiger partial charge in [-0.3, -0.25) is 40.9 Å². The Bertz CT molecular complexity index is 1370. The van der Waals surface area contributed by atoms with E-state index in [1.54, 1.807) is 0 Å². The summed E-state index contributed by atoms with van der Waals surface area (Å²) < 4.78 is 0. The zero-order valence-corrected chi connectivity index (χ0v) is 33.7. The standard InChI is InChI=1S/C40H62N4O6S/c1-37(2,3)27-21-25(22-28(35(27)49)38(4,5)6)13-15-31(45)41-43-33(47)17-19-51-20-18-34(48)44-42-32(46)16-14-26-23-29(39(7,8)9)36(50)30(24-26)40(10,11)12/h21-24,49-50H,13-20H2,1-12H3,(H,41,45)(H,42,46)(H,43,47)(H,44,48). The van der Waals surface area contributed by atoms with Crippen molar-refractivity contribution in [2.75, 3.05) is 11.5 Å². The predicted octanol–water partition coefficient (Wildman–Crippen LogP) is 6.66. The number of phenolic OH excluding ortho intramolecular Hbond substituents is 2. The van der Waals surface area contributed by atoms with Crippen LogP contribution in [0.25, 0.3) is 0 Å². The molecule has 6 N–H and O–H groups in total. The fourth-order valence-corrected chi connectivity index (χ4v) is 6.30. The SMILES string of the molecule is CC(C)(C)c1cc(CCC(=O)NNC(=O)CCSCCC(=O)NNC(=O)CCc2cc(C(C)(C)C)c(O)c(C(C)(C)C)c2)cc(C(C)(C)C)c1O. The van der Waals surface area contributed by atoms with Crippen molar-refractivity contribution in [2.24, 2.45) is 0 Å². The van der Waals surface area contributed by atoms with Crippen molar-refractivity contribution < 1.29 is 29.4 Å². The van der Waals surface area contributed by atoms with E-state index in [0.29, 0.717) is 35.8 Å². The Hall–Kier alpha value is -3.73. The molecule has 0 heterocycles. The molecule has 0 fully saturated rings. The molecule has 0 aliphatic heterocycles. The first-order valence-corrected chi connectivity index (χ1v) is 18.9. The number of benzene rings is 2. The lowest BCUT2D eigenvalue weighted by Crippen LogP contribution is -2.42. The van der Waals surface area contributed by atoms with Crippen LogP contribution in [0.2, 0.25) is 0 Å². The Morgan fingerprint density at radius 2 is 0.706 bits per heavy atom. The van der Waals surface area contributed by atoms with Gasteiger partial charge in [0.1, 0.15) is 11.5 Å². The number of thioether (sulfide) groups is 1. The van der Waals surface area contributed by atoms with Crippen LogP contribution in [0.3, 0.4) is 0 Å². The van der Waals surface area contributed by atoms with Gasteiger partial charge in [0.25, 0.3) is 0 Å². The predicted molar refractivity (Wildman–Crippen MR) is 207 cm³/mol. The van der Waals surface area contributed by atoms with Crippen LogP contribution in [0.5, 0.6) is 11.5 Å². The maximum Gasteiger partial charge on any atom is 0.239 e. The van der Waals surface area contributed by atoms with Crippen LogP contribution in [0, 0.1) is 0 Å². The number of aryl methyl sites for hydroxylation is 2. The van der Waals surface area contributed by atoms with E-state index in [1.807, 2.05) is 107 Å². The summed E-state index contributed by atoms with van der Waals surface area (Å²) in [4.78, 5) is 49.5. The largest absolute Gasteiger partial charge is 0.507 e. The molecule has 2 rings (SSSR count). The number of carbonyl (C=O) groups is 4. The second-order valence-corrected chi connectivity index (χ2v) is 18.6. The summed E-state index contributed by atoms with van der Waals surface area (Å²) in [5.41, 5.74) is 14.0. The summed E-state index contributed by atoms with van der Waals surface area (Å²) >= 11 is 1.42. The van der Waals surface area contributed by atoms with E-state index >= 15 is 0 Å². The first-order chi connectivity index (χ1) is 23.3. The number of hydrogen-bond donors (Lipinski definition) is 6. The minimum Gasteiger partial charge on any atom is -0.507 e. The van der Waals surface area contributed by atoms with E-state index in [9.17, 15) is 29.4 Å². The van der Waals surface area contributed by atoms with Crippen molar-refractivity contribution in [3.63, 3.8) is 0 Å². The molecule has 0 radical (unpaired) electrons. The van der Waals surface area contributed by atoms with Gasteiger partial charge in [-0.15, -0.1) is 0 Å². The van der Waals surface area contributed by atoms with Gasteiger partial charge < -0.3 is 10.2 Å². The number of phenols is 2. The normalized spacial score (nSPS) is 12.3. The number of rotatable bonds is 12. The highest BCUT2D eigenvalue weighted by Crippen LogP contribution is 2.41. The third kappa shape index (κ3) is 14.1. The van der Waals surface area contributed by atoms with Crippen LogP contribution in [0.1, 0.15) is 142 Å². The Balaban J connectivity index is 1.70. The van der Waals surface area contributed by atoms with Crippen LogP contribution >= 0.6 is 11.8 Å². The molecule has 2 aromatic carbocycles. The zero-order valence-electron chi connectivity index (χ0n) is 32.9. The Morgan fingerprint density at radius 1 is 0.471 bits per heavy atom. The molecule has 4 amide bonds. The van der Waals surface area contributed by atoms with E-state index in [-0.39, 0.29) is 71.0 Å². The zero-order chi connectivity index (χ0) is 38.9. The van der Waals surface area contributed by atoms with Crippen LogP contribution in [-0.2, 0) is 53.7 Å².